The number of carboxylic acid groups (broad SMARTS) is 1. The fraction of sp³-hybridized carbons (Fsp3) is 0.500. The van der Waals surface area contributed by atoms with E-state index in [1.165, 1.54) is 12.1 Å². The molecule has 6 nitrogen and oxygen atoms in total. The van der Waals surface area contributed by atoms with Gasteiger partial charge in [0.1, 0.15) is 5.82 Å². The molecule has 1 atom stereocenters. The summed E-state index contributed by atoms with van der Waals surface area (Å²) < 4.78 is 13.6. The number of rotatable bonds is 8. The smallest absolute Gasteiger partial charge is 0.307 e. The molecular weight excluding hydrogens is 279 g/mol. The zero-order valence-electron chi connectivity index (χ0n) is 12.0. The summed E-state index contributed by atoms with van der Waals surface area (Å²) in [6, 6.07) is 3.42. The molecule has 1 aromatic rings. The lowest BCUT2D eigenvalue weighted by molar-refractivity contribution is -0.385. The van der Waals surface area contributed by atoms with Crippen molar-refractivity contribution < 1.29 is 19.2 Å². The van der Waals surface area contributed by atoms with Gasteiger partial charge in [0.25, 0.3) is 5.69 Å². The highest BCUT2D eigenvalue weighted by Gasteiger charge is 2.18. The second-order valence-electron chi connectivity index (χ2n) is 5.33. The summed E-state index contributed by atoms with van der Waals surface area (Å²) in [6.07, 6.45) is 0.533. The van der Waals surface area contributed by atoms with Crippen LogP contribution < -0.4 is 5.32 Å². The largest absolute Gasteiger partial charge is 0.481 e. The average molecular weight is 298 g/mol. The lowest BCUT2D eigenvalue weighted by atomic mass is 9.97. The quantitative estimate of drug-likeness (QED) is 0.568. The van der Waals surface area contributed by atoms with Gasteiger partial charge in [-0.1, -0.05) is 13.8 Å². The molecule has 0 aliphatic rings. The maximum Gasteiger partial charge on any atom is 0.307 e. The second-order valence-corrected chi connectivity index (χ2v) is 5.33. The van der Waals surface area contributed by atoms with Crippen LogP contribution in [0.5, 0.6) is 0 Å². The number of aliphatic carboxylic acids is 1. The van der Waals surface area contributed by atoms with Crippen molar-refractivity contribution in [1.29, 1.82) is 0 Å². The molecule has 0 spiro atoms. The van der Waals surface area contributed by atoms with Crippen LogP contribution >= 0.6 is 0 Å². The van der Waals surface area contributed by atoms with Crippen LogP contribution in [0.25, 0.3) is 0 Å². The number of nitro benzene ring substituents is 1. The Kier molecular flexibility index (Phi) is 6.23. The van der Waals surface area contributed by atoms with Crippen molar-refractivity contribution in [2.45, 2.75) is 26.8 Å². The molecule has 2 N–H and O–H groups in total. The van der Waals surface area contributed by atoms with Crippen LogP contribution in [0.2, 0.25) is 0 Å². The number of halogens is 1. The van der Waals surface area contributed by atoms with Crippen LogP contribution in [0.15, 0.2) is 18.2 Å². The highest BCUT2D eigenvalue weighted by molar-refractivity contribution is 5.70. The first-order valence-electron chi connectivity index (χ1n) is 6.67. The van der Waals surface area contributed by atoms with Gasteiger partial charge in [0.05, 0.1) is 16.9 Å². The molecule has 0 amide bonds. The van der Waals surface area contributed by atoms with Gasteiger partial charge >= 0.3 is 5.97 Å². The number of hydrogen-bond donors (Lipinski definition) is 2. The van der Waals surface area contributed by atoms with E-state index in [0.717, 1.165) is 6.07 Å². The third-order valence-corrected chi connectivity index (χ3v) is 3.06. The Labute approximate surface area is 122 Å². The maximum absolute atomic E-state index is 13.6. The van der Waals surface area contributed by atoms with E-state index in [1.54, 1.807) is 0 Å². The van der Waals surface area contributed by atoms with Crippen molar-refractivity contribution in [3.8, 4) is 0 Å². The molecule has 0 aliphatic heterocycles. The number of nitro groups is 1. The topological polar surface area (TPSA) is 92.5 Å². The number of nitrogens with one attached hydrogen (secondary N) is 1. The third kappa shape index (κ3) is 5.47. The van der Waals surface area contributed by atoms with Crippen LogP contribution in [0.1, 0.15) is 25.8 Å². The van der Waals surface area contributed by atoms with Gasteiger partial charge in [0, 0.05) is 24.7 Å². The number of non-ortho nitro benzene ring substituents is 1. The Bertz CT molecular complexity index is 520. The SMILES string of the molecule is CC(C)CC(CNCc1ccc([N+](=O)[O-])cc1F)C(=O)O. The van der Waals surface area contributed by atoms with E-state index in [2.05, 4.69) is 5.32 Å². The number of benzene rings is 1. The summed E-state index contributed by atoms with van der Waals surface area (Å²) in [5.41, 5.74) is -0.0336. The van der Waals surface area contributed by atoms with E-state index in [4.69, 9.17) is 5.11 Å². The molecule has 0 bridgehead atoms. The molecule has 0 radical (unpaired) electrons. The highest BCUT2D eigenvalue weighted by Crippen LogP contribution is 2.17. The molecule has 0 aliphatic carbocycles. The summed E-state index contributed by atoms with van der Waals surface area (Å²) >= 11 is 0. The summed E-state index contributed by atoms with van der Waals surface area (Å²) in [4.78, 5) is 20.9. The molecule has 1 rings (SSSR count). The first-order chi connectivity index (χ1) is 9.81. The summed E-state index contributed by atoms with van der Waals surface area (Å²) in [5.74, 6) is -1.84. The van der Waals surface area contributed by atoms with E-state index >= 15 is 0 Å². The van der Waals surface area contributed by atoms with E-state index in [0.29, 0.717) is 6.42 Å². The third-order valence-electron chi connectivity index (χ3n) is 3.06. The van der Waals surface area contributed by atoms with Gasteiger partial charge in [-0.3, -0.25) is 14.9 Å². The van der Waals surface area contributed by atoms with Crippen molar-refractivity contribution in [2.75, 3.05) is 6.54 Å². The minimum absolute atomic E-state index is 0.131. The van der Waals surface area contributed by atoms with Gasteiger partial charge in [-0.05, 0) is 18.4 Å². The molecule has 0 saturated heterocycles. The van der Waals surface area contributed by atoms with Gasteiger partial charge < -0.3 is 10.4 Å². The van der Waals surface area contributed by atoms with Gasteiger partial charge in [0.15, 0.2) is 0 Å². The first kappa shape index (κ1) is 17.0. The number of hydrogen-bond acceptors (Lipinski definition) is 4. The Morgan fingerprint density at radius 3 is 2.62 bits per heavy atom. The lowest BCUT2D eigenvalue weighted by Crippen LogP contribution is -2.29. The normalized spacial score (nSPS) is 12.4. The zero-order valence-corrected chi connectivity index (χ0v) is 12.0. The van der Waals surface area contributed by atoms with Crippen LogP contribution in [-0.4, -0.2) is 22.5 Å². The van der Waals surface area contributed by atoms with Crippen LogP contribution in [0.3, 0.4) is 0 Å². The van der Waals surface area contributed by atoms with Crippen LogP contribution in [0, 0.1) is 27.8 Å². The molecule has 21 heavy (non-hydrogen) atoms. The fourth-order valence-electron chi connectivity index (χ4n) is 2.01. The van der Waals surface area contributed by atoms with Gasteiger partial charge in [-0.2, -0.15) is 0 Å². The van der Waals surface area contributed by atoms with Gasteiger partial charge in [-0.25, -0.2) is 4.39 Å². The Morgan fingerprint density at radius 2 is 2.14 bits per heavy atom. The van der Waals surface area contributed by atoms with E-state index < -0.39 is 22.6 Å². The van der Waals surface area contributed by atoms with Gasteiger partial charge in [-0.15, -0.1) is 0 Å². The molecule has 0 fully saturated rings. The fourth-order valence-corrected chi connectivity index (χ4v) is 2.01. The minimum atomic E-state index is -0.889. The maximum atomic E-state index is 13.6. The van der Waals surface area contributed by atoms with Crippen LogP contribution in [-0.2, 0) is 11.3 Å². The number of carboxylic acids is 1. The number of nitrogens with zero attached hydrogens (tertiary/aromatic N) is 1. The number of carbonyl (C=O) groups is 1. The summed E-state index contributed by atoms with van der Waals surface area (Å²) in [5, 5.41) is 22.5. The van der Waals surface area contributed by atoms with E-state index in [1.807, 2.05) is 13.8 Å². The predicted octanol–water partition coefficient (Wildman–Crippen LogP) is 2.57. The first-order valence-corrected chi connectivity index (χ1v) is 6.67. The van der Waals surface area contributed by atoms with E-state index in [-0.39, 0.29) is 30.3 Å². The molecule has 0 saturated carbocycles. The van der Waals surface area contributed by atoms with Crippen molar-refractivity contribution in [3.63, 3.8) is 0 Å². The molecule has 1 aromatic carbocycles. The molecule has 0 heterocycles. The molecule has 1 unspecified atom stereocenters. The molecule has 116 valence electrons. The summed E-state index contributed by atoms with van der Waals surface area (Å²) in [6.45, 7) is 4.23. The highest BCUT2D eigenvalue weighted by atomic mass is 19.1. The van der Waals surface area contributed by atoms with Crippen molar-refractivity contribution >= 4 is 11.7 Å². The predicted molar refractivity (Wildman–Crippen MR) is 75.3 cm³/mol. The van der Waals surface area contributed by atoms with E-state index in [9.17, 15) is 19.3 Å². The Hall–Kier alpha value is -2.02. The molecular formula is C14H19FN2O4. The summed E-state index contributed by atoms with van der Waals surface area (Å²) in [7, 11) is 0. The van der Waals surface area contributed by atoms with Crippen LogP contribution in [0.4, 0.5) is 10.1 Å². The Morgan fingerprint density at radius 1 is 1.48 bits per heavy atom. The Balaban J connectivity index is 2.58. The molecule has 7 heteroatoms. The zero-order chi connectivity index (χ0) is 16.0. The monoisotopic (exact) mass is 298 g/mol. The van der Waals surface area contributed by atoms with Crippen molar-refractivity contribution in [2.24, 2.45) is 11.8 Å². The molecule has 0 aromatic heterocycles. The second kappa shape index (κ2) is 7.68. The van der Waals surface area contributed by atoms with Gasteiger partial charge in [0.2, 0.25) is 0 Å². The van der Waals surface area contributed by atoms with Crippen molar-refractivity contribution in [3.05, 3.63) is 39.7 Å². The lowest BCUT2D eigenvalue weighted by Gasteiger charge is -2.15. The van der Waals surface area contributed by atoms with Crippen molar-refractivity contribution in [1.82, 2.24) is 5.32 Å². The average Bonchev–Trinajstić information content (AvgIpc) is 2.38. The minimum Gasteiger partial charge on any atom is -0.481 e. The standard InChI is InChI=1S/C14H19FN2O4/c1-9(2)5-11(14(18)19)8-16-7-10-3-4-12(17(20)21)6-13(10)15/h3-4,6,9,11,16H,5,7-8H2,1-2H3,(H,18,19).